The highest BCUT2D eigenvalue weighted by Gasteiger charge is 2.25. The minimum Gasteiger partial charge on any atom is -0.491 e. The van der Waals surface area contributed by atoms with Gasteiger partial charge in [-0.05, 0) is 111 Å². The van der Waals surface area contributed by atoms with Crippen LogP contribution in [0, 0.1) is 6.92 Å². The van der Waals surface area contributed by atoms with E-state index in [0.717, 1.165) is 121 Å². The Balaban J connectivity index is 1.18. The number of carbonyl (C=O) groups excluding carboxylic acids is 1. The van der Waals surface area contributed by atoms with E-state index in [2.05, 4.69) is 101 Å². The quantitative estimate of drug-likeness (QED) is 0.0909. The van der Waals surface area contributed by atoms with Gasteiger partial charge in [0.05, 0.1) is 43.6 Å². The first-order valence-corrected chi connectivity index (χ1v) is 20.1. The zero-order chi connectivity index (χ0) is 37.0. The van der Waals surface area contributed by atoms with Crippen molar-refractivity contribution in [3.05, 3.63) is 95.6 Å². The number of ether oxygens (including phenoxy) is 3. The minimum atomic E-state index is -0.0572. The van der Waals surface area contributed by atoms with Gasteiger partial charge in [0.15, 0.2) is 0 Å². The lowest BCUT2D eigenvalue weighted by Crippen LogP contribution is -2.49. The molecule has 3 aromatic carbocycles. The molecule has 1 N–H and O–H groups in total. The molecule has 2 aliphatic heterocycles. The molecule has 1 saturated heterocycles. The van der Waals surface area contributed by atoms with Crippen LogP contribution in [0.15, 0.2) is 83.5 Å². The molecule has 0 bridgehead atoms. The highest BCUT2D eigenvalue weighted by molar-refractivity contribution is 7.98. The molecule has 0 saturated carbocycles. The number of morpholine rings is 1. The summed E-state index contributed by atoms with van der Waals surface area (Å²) in [5.41, 5.74) is 8.28. The first-order valence-electron chi connectivity index (χ1n) is 19.1. The normalized spacial score (nSPS) is 17.4. The van der Waals surface area contributed by atoms with Gasteiger partial charge >= 0.3 is 0 Å². The van der Waals surface area contributed by atoms with E-state index in [1.807, 2.05) is 30.6 Å². The summed E-state index contributed by atoms with van der Waals surface area (Å²) in [7, 11) is 2.19. The molecule has 1 amide bonds. The molecular weight excluding hydrogens is 683 g/mol. The van der Waals surface area contributed by atoms with Crippen molar-refractivity contribution in [2.24, 2.45) is 0 Å². The predicted octanol–water partition coefficient (Wildman–Crippen LogP) is 8.32. The SMILES string of the molecule is CCCCOCCOc1ccc(-c2ccc3c(c2)/C=C(/C(=O)Nc2ccc(SCc4c(C)ncn4CC)cc2)CCCN3CC2COCCN2C)cc1. The number of aromatic nitrogens is 2. The van der Waals surface area contributed by atoms with E-state index in [0.29, 0.717) is 25.7 Å². The van der Waals surface area contributed by atoms with Crippen LogP contribution in [-0.4, -0.2) is 86.1 Å². The molecule has 2 aliphatic rings. The van der Waals surface area contributed by atoms with Gasteiger partial charge in [0.25, 0.3) is 5.91 Å². The Kier molecular flexibility index (Phi) is 14.1. The summed E-state index contributed by atoms with van der Waals surface area (Å²) < 4.78 is 19.6. The van der Waals surface area contributed by atoms with Gasteiger partial charge < -0.3 is 29.0 Å². The first-order chi connectivity index (χ1) is 25.9. The number of likely N-dealkylation sites (N-methyl/N-ethyl adjacent to an activating group) is 1. The van der Waals surface area contributed by atoms with E-state index >= 15 is 0 Å². The maximum absolute atomic E-state index is 13.9. The van der Waals surface area contributed by atoms with Crippen LogP contribution in [0.3, 0.4) is 0 Å². The van der Waals surface area contributed by atoms with Crippen LogP contribution < -0.4 is 15.0 Å². The number of fused-ring (bicyclic) bond motifs is 1. The lowest BCUT2D eigenvalue weighted by atomic mass is 9.96. The van der Waals surface area contributed by atoms with Gasteiger partial charge in [-0.25, -0.2) is 4.98 Å². The van der Waals surface area contributed by atoms with Crippen molar-refractivity contribution in [2.45, 2.75) is 69.7 Å². The molecule has 1 atom stereocenters. The largest absolute Gasteiger partial charge is 0.491 e. The third-order valence-corrected chi connectivity index (χ3v) is 11.1. The Bertz CT molecular complexity index is 1810. The Labute approximate surface area is 319 Å². The molecule has 1 fully saturated rings. The molecule has 9 nitrogen and oxygen atoms in total. The minimum absolute atomic E-state index is 0.0572. The Hall–Kier alpha value is -4.09. The zero-order valence-electron chi connectivity index (χ0n) is 31.8. The second-order valence-corrected chi connectivity index (χ2v) is 14.9. The number of unbranched alkanes of at least 4 members (excludes halogenated alkanes) is 1. The molecule has 0 radical (unpaired) electrons. The molecule has 0 spiro atoms. The molecule has 53 heavy (non-hydrogen) atoms. The molecule has 0 aliphatic carbocycles. The van der Waals surface area contributed by atoms with E-state index in [1.165, 1.54) is 5.69 Å². The molecule has 3 heterocycles. The molecule has 10 heteroatoms. The molecule has 1 unspecified atom stereocenters. The van der Waals surface area contributed by atoms with Gasteiger partial charge in [-0.2, -0.15) is 0 Å². The average molecular weight is 738 g/mol. The van der Waals surface area contributed by atoms with Crippen molar-refractivity contribution in [2.75, 3.05) is 69.9 Å². The van der Waals surface area contributed by atoms with Crippen molar-refractivity contribution in [1.29, 1.82) is 0 Å². The second-order valence-electron chi connectivity index (χ2n) is 13.9. The third kappa shape index (κ3) is 10.5. The van der Waals surface area contributed by atoms with E-state index in [9.17, 15) is 4.79 Å². The molecule has 6 rings (SSSR count). The van der Waals surface area contributed by atoms with Crippen LogP contribution in [-0.2, 0) is 26.6 Å². The van der Waals surface area contributed by atoms with E-state index in [-0.39, 0.29) is 5.91 Å². The van der Waals surface area contributed by atoms with Crippen molar-refractivity contribution in [1.82, 2.24) is 14.5 Å². The summed E-state index contributed by atoms with van der Waals surface area (Å²) in [6, 6.07) is 23.3. The number of anilines is 2. The summed E-state index contributed by atoms with van der Waals surface area (Å²) in [4.78, 5) is 24.4. The monoisotopic (exact) mass is 737 g/mol. The number of hydrogen-bond acceptors (Lipinski definition) is 8. The summed E-state index contributed by atoms with van der Waals surface area (Å²) in [5.74, 6) is 1.62. The number of amides is 1. The van der Waals surface area contributed by atoms with Crippen molar-refractivity contribution in [3.8, 4) is 16.9 Å². The van der Waals surface area contributed by atoms with Crippen LogP contribution in [0.4, 0.5) is 11.4 Å². The molecule has 282 valence electrons. The lowest BCUT2D eigenvalue weighted by Gasteiger charge is -2.38. The Morgan fingerprint density at radius 1 is 1.00 bits per heavy atom. The number of benzene rings is 3. The van der Waals surface area contributed by atoms with E-state index < -0.39 is 0 Å². The molecular formula is C43H55N5O4S. The number of thioether (sulfide) groups is 1. The van der Waals surface area contributed by atoms with Gasteiger partial charge in [-0.3, -0.25) is 9.69 Å². The summed E-state index contributed by atoms with van der Waals surface area (Å²) in [6.07, 6.45) is 7.78. The summed E-state index contributed by atoms with van der Waals surface area (Å²) in [6.45, 7) is 13.3. The Morgan fingerprint density at radius 3 is 2.58 bits per heavy atom. The maximum Gasteiger partial charge on any atom is 0.251 e. The highest BCUT2D eigenvalue weighted by atomic mass is 32.2. The maximum atomic E-state index is 13.9. The third-order valence-electron chi connectivity index (χ3n) is 10.1. The van der Waals surface area contributed by atoms with Gasteiger partial charge in [-0.1, -0.05) is 31.5 Å². The van der Waals surface area contributed by atoms with Gasteiger partial charge in [-0.15, -0.1) is 11.8 Å². The topological polar surface area (TPSA) is 81.1 Å². The average Bonchev–Trinajstić information content (AvgIpc) is 3.53. The number of nitrogens with one attached hydrogen (secondary N) is 1. The van der Waals surface area contributed by atoms with Crippen LogP contribution in [0.2, 0.25) is 0 Å². The fourth-order valence-electron chi connectivity index (χ4n) is 6.81. The van der Waals surface area contributed by atoms with E-state index in [4.69, 9.17) is 14.2 Å². The van der Waals surface area contributed by atoms with Crippen molar-refractivity contribution in [3.63, 3.8) is 0 Å². The summed E-state index contributed by atoms with van der Waals surface area (Å²) >= 11 is 1.78. The number of hydrogen-bond donors (Lipinski definition) is 1. The smallest absolute Gasteiger partial charge is 0.251 e. The molecule has 4 aromatic rings. The lowest BCUT2D eigenvalue weighted by molar-refractivity contribution is -0.112. The highest BCUT2D eigenvalue weighted by Crippen LogP contribution is 2.34. The molecule has 1 aromatic heterocycles. The van der Waals surface area contributed by atoms with Crippen LogP contribution in [0.1, 0.15) is 56.5 Å². The van der Waals surface area contributed by atoms with E-state index in [1.54, 1.807) is 11.8 Å². The van der Waals surface area contributed by atoms with Crippen molar-refractivity contribution < 1.29 is 19.0 Å². The fraction of sp³-hybridized carbons (Fsp3) is 0.442. The number of rotatable bonds is 16. The van der Waals surface area contributed by atoms with Crippen molar-refractivity contribution >= 4 is 35.1 Å². The standard InChI is InChI=1S/C43H55N5O4S/c1-5-7-22-50-24-25-52-39-15-10-33(11-16-39)34-12-19-41-36(26-34)27-35(9-8-20-48(41)28-38-29-51-23-21-46(38)4)43(49)45-37-13-17-40(18-14-37)53-30-42-32(3)44-31-47(42)6-2/h10-19,26-27,31,38H,5-9,20-25,28-30H2,1-4H3,(H,45,49)/b35-27+. The van der Waals surface area contributed by atoms with Crippen LogP contribution >= 0.6 is 11.8 Å². The van der Waals surface area contributed by atoms with Gasteiger partial charge in [0.1, 0.15) is 12.4 Å². The van der Waals surface area contributed by atoms with Gasteiger partial charge in [0.2, 0.25) is 0 Å². The fourth-order valence-corrected chi connectivity index (χ4v) is 7.81. The zero-order valence-corrected chi connectivity index (χ0v) is 32.6. The van der Waals surface area contributed by atoms with Crippen LogP contribution in [0.5, 0.6) is 5.75 Å². The number of aryl methyl sites for hydroxylation is 2. The van der Waals surface area contributed by atoms with Crippen LogP contribution in [0.25, 0.3) is 17.2 Å². The predicted molar refractivity (Wildman–Crippen MR) is 217 cm³/mol. The second kappa shape index (κ2) is 19.3. The number of imidazole rings is 1. The summed E-state index contributed by atoms with van der Waals surface area (Å²) in [5, 5.41) is 3.19. The Morgan fingerprint density at radius 2 is 1.81 bits per heavy atom. The first kappa shape index (κ1) is 38.6. The van der Waals surface area contributed by atoms with Gasteiger partial charge in [0, 0.05) is 60.4 Å². The number of carbonyl (C=O) groups is 1. The number of nitrogens with zero attached hydrogens (tertiary/aromatic N) is 4.